The van der Waals surface area contributed by atoms with Crippen LogP contribution in [0.5, 0.6) is 0 Å². The van der Waals surface area contributed by atoms with E-state index in [9.17, 15) is 19.8 Å². The highest BCUT2D eigenvalue weighted by Crippen LogP contribution is 2.33. The molecule has 0 radical (unpaired) electrons. The van der Waals surface area contributed by atoms with Crippen LogP contribution in [0.1, 0.15) is 27.0 Å². The molecule has 1 aliphatic rings. The lowest BCUT2D eigenvalue weighted by atomic mass is 10.1. The van der Waals surface area contributed by atoms with Crippen molar-refractivity contribution in [3.63, 3.8) is 0 Å². The number of hydrogen-bond donors (Lipinski definition) is 4. The van der Waals surface area contributed by atoms with Crippen LogP contribution in [0, 0.1) is 5.92 Å². The average molecular weight is 460 g/mol. The highest BCUT2D eigenvalue weighted by atomic mass is 35.5. The second-order valence-corrected chi connectivity index (χ2v) is 7.98. The molecule has 0 aliphatic carbocycles. The van der Waals surface area contributed by atoms with Crippen LogP contribution in [0.25, 0.3) is 11.2 Å². The van der Waals surface area contributed by atoms with Crippen LogP contribution < -0.4 is 10.9 Å². The first-order valence-corrected chi connectivity index (χ1v) is 10.3. The maximum Gasteiger partial charge on any atom is 0.280 e. The highest BCUT2D eigenvalue weighted by Gasteiger charge is 2.46. The number of anilines is 1. The summed E-state index contributed by atoms with van der Waals surface area (Å²) in [6, 6.07) is 0. The first-order chi connectivity index (χ1) is 14.7. The van der Waals surface area contributed by atoms with Crippen LogP contribution in [0.2, 0.25) is 0 Å². The molecular weight excluding hydrogens is 434 g/mol. The second-order valence-electron chi connectivity index (χ2n) is 7.37. The van der Waals surface area contributed by atoms with E-state index in [1.54, 1.807) is 20.8 Å². The van der Waals surface area contributed by atoms with E-state index in [4.69, 9.17) is 25.8 Å². The summed E-state index contributed by atoms with van der Waals surface area (Å²) >= 11 is 5.74. The van der Waals surface area contributed by atoms with Crippen molar-refractivity contribution in [3.8, 4) is 0 Å². The van der Waals surface area contributed by atoms with Crippen molar-refractivity contribution in [2.45, 2.75) is 50.9 Å². The van der Waals surface area contributed by atoms with Crippen LogP contribution in [-0.2, 0) is 19.0 Å². The summed E-state index contributed by atoms with van der Waals surface area (Å²) in [6.45, 7) is 4.91. The number of amides is 1. The molecule has 0 bridgehead atoms. The minimum absolute atomic E-state index is 0.0196. The Labute approximate surface area is 182 Å². The van der Waals surface area contributed by atoms with E-state index >= 15 is 0 Å². The normalized spacial score (nSPS) is 24.7. The number of H-pyrrole nitrogens is 1. The quantitative estimate of drug-likeness (QED) is 0.297. The van der Waals surface area contributed by atoms with Crippen molar-refractivity contribution in [2.24, 2.45) is 5.92 Å². The molecular formula is C18H26ClN5O7. The Morgan fingerprint density at radius 3 is 2.81 bits per heavy atom. The molecule has 13 heteroatoms. The molecule has 172 valence electrons. The van der Waals surface area contributed by atoms with Gasteiger partial charge in [0.1, 0.15) is 23.9 Å². The fourth-order valence-corrected chi connectivity index (χ4v) is 3.19. The first kappa shape index (κ1) is 23.6. The van der Waals surface area contributed by atoms with Gasteiger partial charge in [-0.05, 0) is 6.92 Å². The lowest BCUT2D eigenvalue weighted by molar-refractivity contribution is -0.118. The Morgan fingerprint density at radius 2 is 2.16 bits per heavy atom. The molecule has 31 heavy (non-hydrogen) atoms. The second kappa shape index (κ2) is 10.0. The standard InChI is InChI=1S/C18H26ClN5O7/c1-8(2)15(27)22-18-21-14-11(16(28)23-18)20-7-24(14)17-13(12(26)10(6-25)31-17)30-5-4-29-9(3)19/h7-10,12-13,17,25-26H,4-6H2,1-3H3,(H2,21,22,23,27,28)/t9?,10-,12-,13-,17-/m1/s1. The number of carbonyl (C=O) groups is 1. The van der Waals surface area contributed by atoms with Crippen molar-refractivity contribution >= 4 is 34.6 Å². The van der Waals surface area contributed by atoms with Gasteiger partial charge in [-0.1, -0.05) is 25.4 Å². The summed E-state index contributed by atoms with van der Waals surface area (Å²) in [5.41, 5.74) is -0.909. The fraction of sp³-hybridized carbons (Fsp3) is 0.667. The summed E-state index contributed by atoms with van der Waals surface area (Å²) in [5, 5.41) is 22.6. The monoisotopic (exact) mass is 459 g/mol. The van der Waals surface area contributed by atoms with Gasteiger partial charge in [-0.3, -0.25) is 24.5 Å². The fourth-order valence-electron chi connectivity index (χ4n) is 3.10. The molecule has 1 aliphatic heterocycles. The number of aromatic nitrogens is 4. The number of hydrogen-bond acceptors (Lipinski definition) is 9. The van der Waals surface area contributed by atoms with Crippen LogP contribution in [-0.4, -0.2) is 79.3 Å². The van der Waals surface area contributed by atoms with Crippen molar-refractivity contribution in [2.75, 3.05) is 25.1 Å². The molecule has 0 aromatic carbocycles. The molecule has 0 saturated carbocycles. The van der Waals surface area contributed by atoms with Gasteiger partial charge < -0.3 is 24.4 Å². The van der Waals surface area contributed by atoms with Crippen LogP contribution >= 0.6 is 11.6 Å². The number of nitrogens with one attached hydrogen (secondary N) is 2. The maximum atomic E-state index is 12.4. The molecule has 3 heterocycles. The number of fused-ring (bicyclic) bond motifs is 1. The lowest BCUT2D eigenvalue weighted by Crippen LogP contribution is -2.36. The molecule has 2 aromatic heterocycles. The summed E-state index contributed by atoms with van der Waals surface area (Å²) < 4.78 is 18.1. The predicted molar refractivity (Wildman–Crippen MR) is 110 cm³/mol. The summed E-state index contributed by atoms with van der Waals surface area (Å²) in [7, 11) is 0. The van der Waals surface area contributed by atoms with E-state index in [2.05, 4.69) is 20.3 Å². The van der Waals surface area contributed by atoms with Gasteiger partial charge in [0.15, 0.2) is 17.4 Å². The molecule has 4 N–H and O–H groups in total. The zero-order chi connectivity index (χ0) is 22.7. The van der Waals surface area contributed by atoms with Gasteiger partial charge in [0.2, 0.25) is 11.9 Å². The van der Waals surface area contributed by atoms with E-state index in [0.717, 1.165) is 0 Å². The lowest BCUT2D eigenvalue weighted by Gasteiger charge is -2.22. The number of aliphatic hydroxyl groups excluding tert-OH is 2. The maximum absolute atomic E-state index is 12.4. The molecule has 2 aromatic rings. The molecule has 12 nitrogen and oxygen atoms in total. The molecule has 3 rings (SSSR count). The SMILES string of the molecule is CC(Cl)OCCO[C@@H]1[C@H](O)[C@@H](CO)O[C@H]1n1cnc2c(=O)[nH]c(NC(=O)C(C)C)nc21. The number of imidazole rings is 1. The number of carbonyl (C=O) groups excluding carboxylic acids is 1. The number of rotatable bonds is 9. The average Bonchev–Trinajstić information content (AvgIpc) is 3.26. The van der Waals surface area contributed by atoms with Gasteiger partial charge in [0, 0.05) is 5.92 Å². The summed E-state index contributed by atoms with van der Waals surface area (Å²) in [4.78, 5) is 35.2. The van der Waals surface area contributed by atoms with E-state index in [1.165, 1.54) is 10.9 Å². The van der Waals surface area contributed by atoms with E-state index in [1.807, 2.05) is 0 Å². The Balaban J connectivity index is 1.90. The number of aliphatic hydroxyl groups is 2. The predicted octanol–water partition coefficient (Wildman–Crippen LogP) is -0.0487. The molecule has 1 saturated heterocycles. The zero-order valence-corrected chi connectivity index (χ0v) is 18.1. The van der Waals surface area contributed by atoms with Crippen molar-refractivity contribution in [3.05, 3.63) is 16.7 Å². The van der Waals surface area contributed by atoms with Crippen molar-refractivity contribution < 1.29 is 29.2 Å². The third-order valence-corrected chi connectivity index (χ3v) is 4.83. The van der Waals surface area contributed by atoms with E-state index in [0.29, 0.717) is 0 Å². The number of halogens is 1. The third kappa shape index (κ3) is 5.22. The van der Waals surface area contributed by atoms with Crippen LogP contribution in [0.3, 0.4) is 0 Å². The molecule has 1 amide bonds. The van der Waals surface area contributed by atoms with Crippen molar-refractivity contribution in [1.29, 1.82) is 0 Å². The molecule has 0 spiro atoms. The largest absolute Gasteiger partial charge is 0.394 e. The van der Waals surface area contributed by atoms with Crippen LogP contribution in [0.4, 0.5) is 5.95 Å². The minimum atomic E-state index is -1.15. The number of alkyl halides is 1. The smallest absolute Gasteiger partial charge is 0.280 e. The Morgan fingerprint density at radius 1 is 1.42 bits per heavy atom. The molecule has 1 fully saturated rings. The van der Waals surface area contributed by atoms with E-state index in [-0.39, 0.29) is 42.2 Å². The third-order valence-electron chi connectivity index (χ3n) is 4.71. The summed E-state index contributed by atoms with van der Waals surface area (Å²) in [6.07, 6.45) is -2.58. The van der Waals surface area contributed by atoms with Gasteiger partial charge in [-0.2, -0.15) is 4.98 Å². The summed E-state index contributed by atoms with van der Waals surface area (Å²) in [5.74, 6) is -0.686. The van der Waals surface area contributed by atoms with Gasteiger partial charge in [0.05, 0.1) is 26.1 Å². The van der Waals surface area contributed by atoms with Gasteiger partial charge in [-0.25, -0.2) is 4.98 Å². The number of aromatic amines is 1. The zero-order valence-electron chi connectivity index (χ0n) is 17.3. The molecule has 1 unspecified atom stereocenters. The van der Waals surface area contributed by atoms with E-state index < -0.39 is 42.3 Å². The topological polar surface area (TPSA) is 161 Å². The highest BCUT2D eigenvalue weighted by molar-refractivity contribution is 6.19. The van der Waals surface area contributed by atoms with Crippen LogP contribution in [0.15, 0.2) is 11.1 Å². The van der Waals surface area contributed by atoms with Gasteiger partial charge >= 0.3 is 0 Å². The Kier molecular flexibility index (Phi) is 7.62. The Hall–Kier alpha value is -2.09. The molecule has 5 atom stereocenters. The minimum Gasteiger partial charge on any atom is -0.394 e. The number of nitrogens with zero attached hydrogens (tertiary/aromatic N) is 3. The Bertz CT molecular complexity index is 962. The van der Waals surface area contributed by atoms with Crippen molar-refractivity contribution in [1.82, 2.24) is 19.5 Å². The van der Waals surface area contributed by atoms with Gasteiger partial charge in [0.25, 0.3) is 5.56 Å². The number of ether oxygens (including phenoxy) is 3. The first-order valence-electron chi connectivity index (χ1n) is 9.82. The van der Waals surface area contributed by atoms with Gasteiger partial charge in [-0.15, -0.1) is 0 Å².